The fourth-order valence-electron chi connectivity index (χ4n) is 2.82. The van der Waals surface area contributed by atoms with Crippen LogP contribution in [0.4, 0.5) is 5.69 Å². The summed E-state index contributed by atoms with van der Waals surface area (Å²) < 4.78 is 31.3. The highest BCUT2D eigenvalue weighted by molar-refractivity contribution is 7.92. The molecule has 9 heteroatoms. The Morgan fingerprint density at radius 1 is 1.12 bits per heavy atom. The van der Waals surface area contributed by atoms with Crippen molar-refractivity contribution in [3.05, 3.63) is 58.1 Å². The van der Waals surface area contributed by atoms with E-state index < -0.39 is 10.0 Å². The van der Waals surface area contributed by atoms with E-state index in [-0.39, 0.29) is 4.90 Å². The average molecular weight is 394 g/mol. The molecule has 0 spiro atoms. The van der Waals surface area contributed by atoms with Crippen molar-refractivity contribution in [3.63, 3.8) is 0 Å². The maximum absolute atomic E-state index is 12.7. The molecule has 2 heterocycles. The number of benzene rings is 1. The van der Waals surface area contributed by atoms with Gasteiger partial charge in [-0.1, -0.05) is 29.8 Å². The van der Waals surface area contributed by atoms with Gasteiger partial charge in [0.25, 0.3) is 10.0 Å². The Morgan fingerprint density at radius 2 is 1.81 bits per heavy atom. The third-order valence-electron chi connectivity index (χ3n) is 4.15. The fourth-order valence-corrected chi connectivity index (χ4v) is 4.41. The molecule has 3 aromatic rings. The number of nitrogens with zero attached hydrogens (tertiary/aromatic N) is 4. The first-order valence-electron chi connectivity index (χ1n) is 7.99. The lowest BCUT2D eigenvalue weighted by molar-refractivity contribution is 0.600. The standard InChI is InChI=1S/C17H20ClN5O2S/c1-11-16(10-22(4)19-11)26(24,25)21-17-12(2)20-23(13(17)3)9-14-7-5-6-8-15(14)18/h5-8,10,21H,9H2,1-4H3. The number of aryl methyl sites for hydroxylation is 3. The number of rotatable bonds is 5. The van der Waals surface area contributed by atoms with Crippen molar-refractivity contribution in [2.45, 2.75) is 32.2 Å². The second kappa shape index (κ2) is 6.77. The molecule has 7 nitrogen and oxygen atoms in total. The molecule has 26 heavy (non-hydrogen) atoms. The van der Waals surface area contributed by atoms with Crippen molar-refractivity contribution in [2.24, 2.45) is 7.05 Å². The summed E-state index contributed by atoms with van der Waals surface area (Å²) in [5.41, 5.74) is 3.14. The molecule has 0 fully saturated rings. The summed E-state index contributed by atoms with van der Waals surface area (Å²) in [7, 11) is -2.06. The molecular formula is C17H20ClN5O2S. The molecule has 138 valence electrons. The highest BCUT2D eigenvalue weighted by Crippen LogP contribution is 2.26. The minimum Gasteiger partial charge on any atom is -0.276 e. The molecule has 1 N–H and O–H groups in total. The Labute approximate surface area is 157 Å². The van der Waals surface area contributed by atoms with Crippen LogP contribution in [0.15, 0.2) is 35.4 Å². The van der Waals surface area contributed by atoms with Gasteiger partial charge in [0.2, 0.25) is 0 Å². The second-order valence-electron chi connectivity index (χ2n) is 6.15. The van der Waals surface area contributed by atoms with Gasteiger partial charge in [0.1, 0.15) is 4.90 Å². The van der Waals surface area contributed by atoms with E-state index in [1.165, 1.54) is 10.9 Å². The van der Waals surface area contributed by atoms with Crippen molar-refractivity contribution >= 4 is 27.3 Å². The SMILES string of the molecule is Cc1nn(C)cc1S(=O)(=O)Nc1c(C)nn(Cc2ccccc2Cl)c1C. The van der Waals surface area contributed by atoms with Crippen molar-refractivity contribution in [3.8, 4) is 0 Å². The predicted octanol–water partition coefficient (Wildman–Crippen LogP) is 3.04. The predicted molar refractivity (Wildman–Crippen MR) is 101 cm³/mol. The van der Waals surface area contributed by atoms with Gasteiger partial charge >= 0.3 is 0 Å². The maximum Gasteiger partial charge on any atom is 0.265 e. The Balaban J connectivity index is 1.93. The summed E-state index contributed by atoms with van der Waals surface area (Å²) in [6.45, 7) is 5.71. The number of aromatic nitrogens is 4. The van der Waals surface area contributed by atoms with E-state index >= 15 is 0 Å². The summed E-state index contributed by atoms with van der Waals surface area (Å²) in [5, 5.41) is 9.21. The Bertz CT molecular complexity index is 1070. The van der Waals surface area contributed by atoms with E-state index in [1.54, 1.807) is 25.6 Å². The van der Waals surface area contributed by atoms with E-state index in [9.17, 15) is 8.42 Å². The van der Waals surface area contributed by atoms with Crippen molar-refractivity contribution in [2.75, 3.05) is 4.72 Å². The summed E-state index contributed by atoms with van der Waals surface area (Å²) in [6.07, 6.45) is 1.48. The molecule has 0 atom stereocenters. The molecule has 1 aromatic carbocycles. The molecule has 3 rings (SSSR count). The third kappa shape index (κ3) is 3.47. The molecule has 0 radical (unpaired) electrons. The van der Waals surface area contributed by atoms with E-state index in [0.29, 0.717) is 34.3 Å². The minimum atomic E-state index is -3.75. The van der Waals surface area contributed by atoms with Gasteiger partial charge in [-0.25, -0.2) is 8.42 Å². The van der Waals surface area contributed by atoms with E-state index in [2.05, 4.69) is 14.9 Å². The monoisotopic (exact) mass is 393 g/mol. The van der Waals surface area contributed by atoms with Crippen LogP contribution in [0.1, 0.15) is 22.6 Å². The normalized spacial score (nSPS) is 11.7. The number of hydrogen-bond donors (Lipinski definition) is 1. The molecule has 0 saturated heterocycles. The lowest BCUT2D eigenvalue weighted by Crippen LogP contribution is -2.15. The van der Waals surface area contributed by atoms with Crippen LogP contribution in [0.3, 0.4) is 0 Å². The van der Waals surface area contributed by atoms with Crippen LogP contribution in [0, 0.1) is 20.8 Å². The zero-order chi connectivity index (χ0) is 19.1. The Kier molecular flexibility index (Phi) is 4.81. The summed E-state index contributed by atoms with van der Waals surface area (Å²) in [5.74, 6) is 0. The van der Waals surface area contributed by atoms with E-state index in [4.69, 9.17) is 11.6 Å². The highest BCUT2D eigenvalue weighted by Gasteiger charge is 2.23. The molecule has 2 aromatic heterocycles. The van der Waals surface area contributed by atoms with E-state index in [1.807, 2.05) is 31.2 Å². The Hall–Kier alpha value is -2.32. The first-order valence-corrected chi connectivity index (χ1v) is 9.85. The van der Waals surface area contributed by atoms with Crippen LogP contribution < -0.4 is 4.72 Å². The second-order valence-corrected chi connectivity index (χ2v) is 8.21. The zero-order valence-electron chi connectivity index (χ0n) is 15.0. The van der Waals surface area contributed by atoms with Crippen LogP contribution in [-0.2, 0) is 23.6 Å². The van der Waals surface area contributed by atoms with Gasteiger partial charge < -0.3 is 0 Å². The molecule has 0 unspecified atom stereocenters. The van der Waals surface area contributed by atoms with Crippen LogP contribution in [-0.4, -0.2) is 28.0 Å². The summed E-state index contributed by atoms with van der Waals surface area (Å²) >= 11 is 6.22. The quantitative estimate of drug-likeness (QED) is 0.722. The summed E-state index contributed by atoms with van der Waals surface area (Å²) in [4.78, 5) is 0.151. The number of halogens is 1. The van der Waals surface area contributed by atoms with Gasteiger partial charge in [0, 0.05) is 18.3 Å². The fraction of sp³-hybridized carbons (Fsp3) is 0.294. The van der Waals surface area contributed by atoms with Crippen LogP contribution in [0.5, 0.6) is 0 Å². The topological polar surface area (TPSA) is 81.8 Å². The molecule has 0 bridgehead atoms. The summed E-state index contributed by atoms with van der Waals surface area (Å²) in [6, 6.07) is 7.50. The molecule has 0 aliphatic rings. The number of anilines is 1. The molecule has 0 amide bonds. The van der Waals surface area contributed by atoms with Gasteiger partial charge in [-0.15, -0.1) is 0 Å². The van der Waals surface area contributed by atoms with E-state index in [0.717, 1.165) is 5.56 Å². The molecule has 0 aliphatic heterocycles. The zero-order valence-corrected chi connectivity index (χ0v) is 16.6. The number of hydrogen-bond acceptors (Lipinski definition) is 4. The lowest BCUT2D eigenvalue weighted by Gasteiger charge is -2.09. The largest absolute Gasteiger partial charge is 0.276 e. The first kappa shape index (κ1) is 18.5. The Morgan fingerprint density at radius 3 is 2.42 bits per heavy atom. The van der Waals surface area contributed by atoms with Crippen LogP contribution in [0.2, 0.25) is 5.02 Å². The van der Waals surface area contributed by atoms with Crippen molar-refractivity contribution in [1.29, 1.82) is 0 Å². The lowest BCUT2D eigenvalue weighted by atomic mass is 10.2. The highest BCUT2D eigenvalue weighted by atomic mass is 35.5. The molecular weight excluding hydrogens is 374 g/mol. The first-order chi connectivity index (χ1) is 12.2. The molecule has 0 saturated carbocycles. The van der Waals surface area contributed by atoms with Gasteiger partial charge in [-0.3, -0.25) is 14.1 Å². The molecule has 0 aliphatic carbocycles. The van der Waals surface area contributed by atoms with Crippen molar-refractivity contribution < 1.29 is 8.42 Å². The van der Waals surface area contributed by atoms with Gasteiger partial charge in [0.15, 0.2) is 0 Å². The third-order valence-corrected chi connectivity index (χ3v) is 5.98. The van der Waals surface area contributed by atoms with Crippen LogP contribution >= 0.6 is 11.6 Å². The smallest absolute Gasteiger partial charge is 0.265 e. The minimum absolute atomic E-state index is 0.151. The van der Waals surface area contributed by atoms with Gasteiger partial charge in [-0.05, 0) is 32.4 Å². The average Bonchev–Trinajstić information content (AvgIpc) is 3.03. The van der Waals surface area contributed by atoms with Crippen LogP contribution in [0.25, 0.3) is 0 Å². The van der Waals surface area contributed by atoms with Gasteiger partial charge in [-0.2, -0.15) is 10.2 Å². The van der Waals surface area contributed by atoms with Crippen molar-refractivity contribution in [1.82, 2.24) is 19.6 Å². The maximum atomic E-state index is 12.7. The van der Waals surface area contributed by atoms with Gasteiger partial charge in [0.05, 0.1) is 29.3 Å². The number of nitrogens with one attached hydrogen (secondary N) is 1. The number of sulfonamides is 1.